The standard InChI is InChI=1S/C16H24N2O2/c1-12-4-7-14(17)11-15(12)18-16(19)3-2-9-20-10-8-13-5-6-13/h4,7,11,13H,2-3,5-6,8-10,17H2,1H3,(H,18,19). The van der Waals surface area contributed by atoms with Crippen LogP contribution in [0.15, 0.2) is 18.2 Å². The van der Waals surface area contributed by atoms with Crippen molar-refractivity contribution in [1.29, 1.82) is 0 Å². The number of aryl methyl sites for hydroxylation is 1. The minimum Gasteiger partial charge on any atom is -0.399 e. The van der Waals surface area contributed by atoms with Gasteiger partial charge in [0.1, 0.15) is 0 Å². The summed E-state index contributed by atoms with van der Waals surface area (Å²) in [4.78, 5) is 11.8. The summed E-state index contributed by atoms with van der Waals surface area (Å²) < 4.78 is 5.53. The molecule has 1 aromatic rings. The minimum absolute atomic E-state index is 0.0180. The summed E-state index contributed by atoms with van der Waals surface area (Å²) in [6, 6.07) is 5.53. The van der Waals surface area contributed by atoms with E-state index >= 15 is 0 Å². The van der Waals surface area contributed by atoms with E-state index in [1.165, 1.54) is 19.3 Å². The number of nitrogen functional groups attached to an aromatic ring is 1. The lowest BCUT2D eigenvalue weighted by atomic mass is 10.1. The topological polar surface area (TPSA) is 64.3 Å². The molecule has 0 atom stereocenters. The van der Waals surface area contributed by atoms with Crippen LogP contribution in [0.4, 0.5) is 11.4 Å². The van der Waals surface area contributed by atoms with Gasteiger partial charge in [0.05, 0.1) is 0 Å². The summed E-state index contributed by atoms with van der Waals surface area (Å²) >= 11 is 0. The monoisotopic (exact) mass is 276 g/mol. The van der Waals surface area contributed by atoms with Gasteiger partial charge in [-0.25, -0.2) is 0 Å². The molecule has 4 heteroatoms. The average Bonchev–Trinajstić information content (AvgIpc) is 3.22. The van der Waals surface area contributed by atoms with E-state index in [9.17, 15) is 4.79 Å². The fourth-order valence-electron chi connectivity index (χ4n) is 2.08. The molecule has 1 saturated carbocycles. The van der Waals surface area contributed by atoms with Crippen molar-refractivity contribution in [2.45, 2.75) is 39.0 Å². The quantitative estimate of drug-likeness (QED) is 0.566. The van der Waals surface area contributed by atoms with Crippen molar-refractivity contribution in [1.82, 2.24) is 0 Å². The first kappa shape index (κ1) is 14.9. The maximum atomic E-state index is 11.8. The lowest BCUT2D eigenvalue weighted by molar-refractivity contribution is -0.116. The molecule has 110 valence electrons. The number of hydrogen-bond donors (Lipinski definition) is 2. The van der Waals surface area contributed by atoms with Gasteiger partial charge in [-0.1, -0.05) is 18.9 Å². The number of carbonyl (C=O) groups excluding carboxylic acids is 1. The zero-order chi connectivity index (χ0) is 14.4. The molecule has 0 unspecified atom stereocenters. The van der Waals surface area contributed by atoms with Crippen LogP contribution in [0.1, 0.15) is 37.7 Å². The first-order valence-corrected chi connectivity index (χ1v) is 7.39. The Kier molecular flexibility index (Phi) is 5.41. The van der Waals surface area contributed by atoms with E-state index in [1.807, 2.05) is 19.1 Å². The number of ether oxygens (including phenoxy) is 1. The number of nitrogens with one attached hydrogen (secondary N) is 1. The highest BCUT2D eigenvalue weighted by molar-refractivity contribution is 5.91. The molecule has 1 aromatic carbocycles. The summed E-state index contributed by atoms with van der Waals surface area (Å²) in [5, 5.41) is 2.90. The van der Waals surface area contributed by atoms with Crippen molar-refractivity contribution in [2.24, 2.45) is 5.92 Å². The molecular weight excluding hydrogens is 252 g/mol. The van der Waals surface area contributed by atoms with Crippen molar-refractivity contribution >= 4 is 17.3 Å². The fraction of sp³-hybridized carbons (Fsp3) is 0.562. The van der Waals surface area contributed by atoms with Crippen LogP contribution >= 0.6 is 0 Å². The van der Waals surface area contributed by atoms with Crippen LogP contribution in [0, 0.1) is 12.8 Å². The molecule has 4 nitrogen and oxygen atoms in total. The second-order valence-electron chi connectivity index (χ2n) is 5.57. The molecule has 2 rings (SSSR count). The fourth-order valence-corrected chi connectivity index (χ4v) is 2.08. The number of hydrogen-bond acceptors (Lipinski definition) is 3. The number of nitrogens with two attached hydrogens (primary N) is 1. The van der Waals surface area contributed by atoms with Gasteiger partial charge in [-0.05, 0) is 43.4 Å². The zero-order valence-electron chi connectivity index (χ0n) is 12.2. The molecule has 0 saturated heterocycles. The van der Waals surface area contributed by atoms with E-state index in [-0.39, 0.29) is 5.91 Å². The summed E-state index contributed by atoms with van der Waals surface area (Å²) in [6.07, 6.45) is 5.15. The normalized spacial score (nSPS) is 14.2. The SMILES string of the molecule is Cc1ccc(N)cc1NC(=O)CCCOCCC1CC1. The first-order valence-electron chi connectivity index (χ1n) is 7.39. The van der Waals surface area contributed by atoms with Crippen LogP contribution in [0.2, 0.25) is 0 Å². The highest BCUT2D eigenvalue weighted by Crippen LogP contribution is 2.32. The van der Waals surface area contributed by atoms with Gasteiger partial charge in [-0.15, -0.1) is 0 Å². The average molecular weight is 276 g/mol. The van der Waals surface area contributed by atoms with E-state index in [0.29, 0.717) is 18.7 Å². The third-order valence-corrected chi connectivity index (χ3v) is 3.60. The second-order valence-corrected chi connectivity index (χ2v) is 5.57. The van der Waals surface area contributed by atoms with E-state index in [2.05, 4.69) is 5.32 Å². The predicted octanol–water partition coefficient (Wildman–Crippen LogP) is 3.11. The summed E-state index contributed by atoms with van der Waals surface area (Å²) in [5.41, 5.74) is 8.20. The molecule has 1 amide bonds. The number of rotatable bonds is 8. The van der Waals surface area contributed by atoms with E-state index in [1.54, 1.807) is 6.07 Å². The Bertz CT molecular complexity index is 456. The molecule has 0 aliphatic heterocycles. The number of carbonyl (C=O) groups is 1. The molecular formula is C16H24N2O2. The molecule has 0 heterocycles. The van der Waals surface area contributed by atoms with Crippen LogP contribution in [0.3, 0.4) is 0 Å². The van der Waals surface area contributed by atoms with E-state index < -0.39 is 0 Å². The van der Waals surface area contributed by atoms with Gasteiger partial charge in [0, 0.05) is 31.0 Å². The van der Waals surface area contributed by atoms with Crippen molar-refractivity contribution in [3.05, 3.63) is 23.8 Å². The third-order valence-electron chi connectivity index (χ3n) is 3.60. The molecule has 1 aliphatic rings. The molecule has 0 radical (unpaired) electrons. The van der Waals surface area contributed by atoms with Gasteiger partial charge >= 0.3 is 0 Å². The molecule has 1 aliphatic carbocycles. The van der Waals surface area contributed by atoms with Crippen LogP contribution < -0.4 is 11.1 Å². The number of amides is 1. The highest BCUT2D eigenvalue weighted by atomic mass is 16.5. The molecule has 0 spiro atoms. The first-order chi connectivity index (χ1) is 9.65. The van der Waals surface area contributed by atoms with Crippen molar-refractivity contribution in [3.8, 4) is 0 Å². The van der Waals surface area contributed by atoms with Crippen LogP contribution in [0.25, 0.3) is 0 Å². The zero-order valence-corrected chi connectivity index (χ0v) is 12.2. The Hall–Kier alpha value is -1.55. The largest absolute Gasteiger partial charge is 0.399 e. The Labute approximate surface area is 120 Å². The molecule has 0 bridgehead atoms. The van der Waals surface area contributed by atoms with Crippen molar-refractivity contribution < 1.29 is 9.53 Å². The predicted molar refractivity (Wildman–Crippen MR) is 81.6 cm³/mol. The maximum Gasteiger partial charge on any atom is 0.224 e. The lowest BCUT2D eigenvalue weighted by Crippen LogP contribution is -2.13. The summed E-state index contributed by atoms with van der Waals surface area (Å²) in [5.74, 6) is 0.925. The second kappa shape index (κ2) is 7.29. The van der Waals surface area contributed by atoms with Gasteiger partial charge in [0.15, 0.2) is 0 Å². The van der Waals surface area contributed by atoms with E-state index in [0.717, 1.165) is 30.2 Å². The molecule has 3 N–H and O–H groups in total. The van der Waals surface area contributed by atoms with Crippen molar-refractivity contribution in [3.63, 3.8) is 0 Å². The molecule has 20 heavy (non-hydrogen) atoms. The van der Waals surface area contributed by atoms with Gasteiger partial charge < -0.3 is 15.8 Å². The Morgan fingerprint density at radius 3 is 2.95 bits per heavy atom. The number of anilines is 2. The number of benzene rings is 1. The lowest BCUT2D eigenvalue weighted by Gasteiger charge is -2.09. The van der Waals surface area contributed by atoms with Crippen LogP contribution in [-0.4, -0.2) is 19.1 Å². The summed E-state index contributed by atoms with van der Waals surface area (Å²) in [7, 11) is 0. The Morgan fingerprint density at radius 1 is 1.40 bits per heavy atom. The van der Waals surface area contributed by atoms with Gasteiger partial charge in [-0.2, -0.15) is 0 Å². The van der Waals surface area contributed by atoms with Gasteiger partial charge in [-0.3, -0.25) is 4.79 Å². The van der Waals surface area contributed by atoms with E-state index in [4.69, 9.17) is 10.5 Å². The summed E-state index contributed by atoms with van der Waals surface area (Å²) in [6.45, 7) is 3.45. The molecule has 0 aromatic heterocycles. The minimum atomic E-state index is 0.0180. The van der Waals surface area contributed by atoms with Crippen LogP contribution in [0.5, 0.6) is 0 Å². The molecule has 1 fully saturated rings. The highest BCUT2D eigenvalue weighted by Gasteiger charge is 2.20. The Morgan fingerprint density at radius 2 is 2.20 bits per heavy atom. The maximum absolute atomic E-state index is 11.8. The van der Waals surface area contributed by atoms with Crippen LogP contribution in [-0.2, 0) is 9.53 Å². The third kappa shape index (κ3) is 5.21. The van der Waals surface area contributed by atoms with Gasteiger partial charge in [0.2, 0.25) is 5.91 Å². The van der Waals surface area contributed by atoms with Gasteiger partial charge in [0.25, 0.3) is 0 Å². The van der Waals surface area contributed by atoms with Crippen molar-refractivity contribution in [2.75, 3.05) is 24.3 Å². The smallest absolute Gasteiger partial charge is 0.224 e. The Balaban J connectivity index is 1.60.